The molecule has 60 heavy (non-hydrogen) atoms. The van der Waals surface area contributed by atoms with Crippen LogP contribution in [0.2, 0.25) is 0 Å². The summed E-state index contributed by atoms with van der Waals surface area (Å²) in [6.45, 7) is 0. The minimum absolute atomic E-state index is 0.859. The van der Waals surface area contributed by atoms with Crippen LogP contribution in [0.4, 0.5) is 11.4 Å². The highest BCUT2D eigenvalue weighted by atomic mass is 14.8. The monoisotopic (exact) mass is 766 g/mol. The first-order chi connectivity index (χ1) is 29.7. The van der Waals surface area contributed by atoms with Crippen molar-refractivity contribution >= 4 is 44.3 Å². The van der Waals surface area contributed by atoms with Gasteiger partial charge in [-0.05, 0) is 104 Å². The summed E-state index contributed by atoms with van der Waals surface area (Å²) in [6, 6.07) is 55.4. The number of hydrogen-bond acceptors (Lipinski definition) is 6. The topological polar surface area (TPSA) is 76.3 Å². The van der Waals surface area contributed by atoms with Crippen LogP contribution in [0, 0.1) is 0 Å². The van der Waals surface area contributed by atoms with E-state index in [1.54, 1.807) is 24.8 Å². The van der Waals surface area contributed by atoms with Gasteiger partial charge < -0.3 is 0 Å². The van der Waals surface area contributed by atoms with Gasteiger partial charge in [0.25, 0.3) is 0 Å². The van der Waals surface area contributed by atoms with Gasteiger partial charge in [-0.1, -0.05) is 97.1 Å². The second kappa shape index (κ2) is 14.9. The van der Waals surface area contributed by atoms with E-state index >= 15 is 0 Å². The van der Waals surface area contributed by atoms with Gasteiger partial charge >= 0.3 is 0 Å². The van der Waals surface area contributed by atoms with Crippen molar-refractivity contribution in [2.75, 3.05) is 0 Å². The van der Waals surface area contributed by atoms with Crippen LogP contribution in [-0.4, -0.2) is 31.4 Å². The molecule has 0 fully saturated rings. The van der Waals surface area contributed by atoms with Crippen LogP contribution in [0.15, 0.2) is 217 Å². The lowest BCUT2D eigenvalue weighted by Gasteiger charge is -2.20. The molecule has 6 heteroatoms. The number of pyridine rings is 4. The van der Waals surface area contributed by atoms with Crippen LogP contribution in [0.3, 0.4) is 0 Å². The van der Waals surface area contributed by atoms with E-state index in [1.165, 1.54) is 0 Å². The highest BCUT2D eigenvalue weighted by molar-refractivity contribution is 6.24. The molecule has 10 aromatic rings. The molecule has 0 bridgehead atoms. The predicted molar refractivity (Wildman–Crippen MR) is 244 cm³/mol. The average Bonchev–Trinajstić information content (AvgIpc) is 3.32. The van der Waals surface area contributed by atoms with E-state index in [1.807, 2.05) is 49.1 Å². The summed E-state index contributed by atoms with van der Waals surface area (Å²) in [5.74, 6) is 0. The number of fused-ring (bicyclic) bond motifs is 4. The summed E-state index contributed by atoms with van der Waals surface area (Å²) in [7, 11) is 0. The molecule has 280 valence electrons. The molecule has 6 nitrogen and oxygen atoms in total. The number of benzene rings is 6. The maximum atomic E-state index is 5.61. The van der Waals surface area contributed by atoms with E-state index in [0.29, 0.717) is 0 Å². The zero-order chi connectivity index (χ0) is 39.8. The van der Waals surface area contributed by atoms with Crippen LogP contribution in [-0.2, 0) is 0 Å². The van der Waals surface area contributed by atoms with Gasteiger partial charge in [0.15, 0.2) is 0 Å². The standard InChI is InChI=1S/C54H34N6/c1-3-7-43-29-51-49(27-41(43)5-1)53(39-13-9-35(10-14-39)45-25-47(33-57-31-45)37-17-21-55-22-18-37)60-52-30-44-8-4-2-6-42(44)28-50(52)54(59-51)40-15-11-36(12-16-40)46-26-48(34-58-32-46)38-19-23-56-24-20-38/h1-34H/b53-49?,54-50?,59-51?,59-54-,60-52?,60-53-. The first-order valence-electron chi connectivity index (χ1n) is 19.9. The lowest BCUT2D eigenvalue weighted by molar-refractivity contribution is 1.30. The fourth-order valence-corrected chi connectivity index (χ4v) is 8.06. The molecule has 0 radical (unpaired) electrons. The van der Waals surface area contributed by atoms with E-state index in [2.05, 4.69) is 153 Å². The summed E-state index contributed by atoms with van der Waals surface area (Å²) in [5.41, 5.74) is 15.8. The lowest BCUT2D eigenvalue weighted by atomic mass is 9.92. The number of nitrogens with zero attached hydrogens (tertiary/aromatic N) is 6. The summed E-state index contributed by atoms with van der Waals surface area (Å²) in [6.07, 6.45) is 14.8. The summed E-state index contributed by atoms with van der Waals surface area (Å²) in [4.78, 5) is 28.7. The summed E-state index contributed by atoms with van der Waals surface area (Å²) in [5, 5.41) is 4.49. The molecule has 5 heterocycles. The zero-order valence-electron chi connectivity index (χ0n) is 32.3. The highest BCUT2D eigenvalue weighted by Crippen LogP contribution is 2.38. The molecule has 0 atom stereocenters. The Bertz CT molecular complexity index is 3060. The molecule has 4 aromatic heterocycles. The normalized spacial score (nSPS) is 13.9. The molecular formula is C54H34N6. The Hall–Kier alpha value is -8.22. The Balaban J connectivity index is 1.05. The van der Waals surface area contributed by atoms with Gasteiger partial charge in [0.1, 0.15) is 0 Å². The molecule has 1 aliphatic heterocycles. The SMILES string of the molecule is c1ccc2cc3c(cc2c1)/N=C(/c1ccc(-c2cncc(-c4ccncc4)c2)cc1)c1cc2ccccc2cc1/N=C\3c1ccc(-c2cncc(-c3ccncc3)c2)cc1. The quantitative estimate of drug-likeness (QED) is 0.169. The largest absolute Gasteiger partial charge is 0.265 e. The Morgan fingerprint density at radius 1 is 0.250 bits per heavy atom. The number of aliphatic imine (C=N–C) groups is 2. The Morgan fingerprint density at radius 3 is 0.933 bits per heavy atom. The van der Waals surface area contributed by atoms with Crippen molar-refractivity contribution in [1.29, 1.82) is 0 Å². The summed E-state index contributed by atoms with van der Waals surface area (Å²) < 4.78 is 0. The molecule has 0 saturated carbocycles. The first kappa shape index (κ1) is 35.0. The smallest absolute Gasteiger partial charge is 0.0803 e. The van der Waals surface area contributed by atoms with Gasteiger partial charge in [0, 0.05) is 94.1 Å². The maximum Gasteiger partial charge on any atom is 0.0803 e. The first-order valence-corrected chi connectivity index (χ1v) is 19.9. The van der Waals surface area contributed by atoms with Gasteiger partial charge in [0.2, 0.25) is 0 Å². The van der Waals surface area contributed by atoms with Crippen molar-refractivity contribution in [2.24, 2.45) is 9.98 Å². The molecule has 0 amide bonds. The maximum absolute atomic E-state index is 5.61. The van der Waals surface area contributed by atoms with E-state index < -0.39 is 0 Å². The predicted octanol–water partition coefficient (Wildman–Crippen LogP) is 12.9. The lowest BCUT2D eigenvalue weighted by Crippen LogP contribution is -2.10. The van der Waals surface area contributed by atoms with Gasteiger partial charge in [0.05, 0.1) is 22.8 Å². The van der Waals surface area contributed by atoms with E-state index in [0.717, 1.165) is 111 Å². The molecule has 6 aromatic carbocycles. The minimum atomic E-state index is 0.859. The zero-order valence-corrected chi connectivity index (χ0v) is 32.3. The molecular weight excluding hydrogens is 733 g/mol. The Morgan fingerprint density at radius 2 is 0.567 bits per heavy atom. The van der Waals surface area contributed by atoms with Crippen LogP contribution >= 0.6 is 0 Å². The second-order valence-corrected chi connectivity index (χ2v) is 14.9. The third kappa shape index (κ3) is 6.62. The van der Waals surface area contributed by atoms with Crippen molar-refractivity contribution in [2.45, 2.75) is 0 Å². The van der Waals surface area contributed by atoms with Gasteiger partial charge in [-0.2, -0.15) is 0 Å². The third-order valence-corrected chi connectivity index (χ3v) is 11.2. The van der Waals surface area contributed by atoms with Crippen molar-refractivity contribution < 1.29 is 0 Å². The minimum Gasteiger partial charge on any atom is -0.265 e. The fraction of sp³-hybridized carbons (Fsp3) is 0. The highest BCUT2D eigenvalue weighted by Gasteiger charge is 2.22. The molecule has 0 aliphatic carbocycles. The fourth-order valence-electron chi connectivity index (χ4n) is 8.06. The van der Waals surface area contributed by atoms with Crippen molar-refractivity contribution in [3.63, 3.8) is 0 Å². The van der Waals surface area contributed by atoms with E-state index in [-0.39, 0.29) is 0 Å². The number of aromatic nitrogens is 4. The molecule has 11 rings (SSSR count). The molecule has 1 aliphatic rings. The molecule has 0 N–H and O–H groups in total. The molecule has 0 spiro atoms. The van der Waals surface area contributed by atoms with E-state index in [4.69, 9.17) is 9.98 Å². The Kier molecular flexibility index (Phi) is 8.71. The van der Waals surface area contributed by atoms with Crippen molar-refractivity contribution in [3.05, 3.63) is 230 Å². The van der Waals surface area contributed by atoms with Crippen LogP contribution in [0.5, 0.6) is 0 Å². The number of hydrogen-bond donors (Lipinski definition) is 0. The van der Waals surface area contributed by atoms with Crippen molar-refractivity contribution in [3.8, 4) is 44.5 Å². The van der Waals surface area contributed by atoms with Gasteiger partial charge in [-0.25, -0.2) is 9.98 Å². The second-order valence-electron chi connectivity index (χ2n) is 14.9. The third-order valence-electron chi connectivity index (χ3n) is 11.2. The van der Waals surface area contributed by atoms with Crippen molar-refractivity contribution in [1.82, 2.24) is 19.9 Å². The number of rotatable bonds is 6. The van der Waals surface area contributed by atoms with Crippen LogP contribution in [0.1, 0.15) is 22.3 Å². The summed E-state index contributed by atoms with van der Waals surface area (Å²) >= 11 is 0. The van der Waals surface area contributed by atoms with Crippen LogP contribution < -0.4 is 0 Å². The molecule has 0 unspecified atom stereocenters. The van der Waals surface area contributed by atoms with Crippen LogP contribution in [0.25, 0.3) is 66.1 Å². The Labute approximate surface area is 347 Å². The van der Waals surface area contributed by atoms with Gasteiger partial charge in [-0.15, -0.1) is 0 Å². The van der Waals surface area contributed by atoms with E-state index in [9.17, 15) is 0 Å². The molecule has 0 saturated heterocycles. The average molecular weight is 767 g/mol. The van der Waals surface area contributed by atoms with Gasteiger partial charge in [-0.3, -0.25) is 19.9 Å².